The van der Waals surface area contributed by atoms with E-state index in [9.17, 15) is 14.3 Å². The van der Waals surface area contributed by atoms with Crippen LogP contribution in [-0.4, -0.2) is 65.5 Å². The zero-order chi connectivity index (χ0) is 23.2. The smallest absolute Gasteiger partial charge is 0.255 e. The van der Waals surface area contributed by atoms with Gasteiger partial charge in [-0.3, -0.25) is 14.7 Å². The fraction of sp³-hybridized carbons (Fsp3) is 0.360. The number of carbonyl (C=O) groups excluding carboxylic acids is 1. The zero-order valence-electron chi connectivity index (χ0n) is 18.0. The Morgan fingerprint density at radius 2 is 1.94 bits per heavy atom. The lowest BCUT2D eigenvalue weighted by Crippen LogP contribution is -2.60. The first-order chi connectivity index (χ1) is 15.9. The van der Waals surface area contributed by atoms with E-state index in [0.717, 1.165) is 12.0 Å². The van der Waals surface area contributed by atoms with Crippen molar-refractivity contribution in [2.24, 2.45) is 4.99 Å². The minimum absolute atomic E-state index is 0.156. The molecule has 0 spiro atoms. The highest BCUT2D eigenvalue weighted by atomic mass is 35.5. The molecule has 0 aliphatic carbocycles. The first-order valence-electron chi connectivity index (χ1n) is 11.1. The van der Waals surface area contributed by atoms with Gasteiger partial charge in [0.25, 0.3) is 5.91 Å². The Labute approximate surface area is 202 Å². The molecule has 33 heavy (non-hydrogen) atoms. The van der Waals surface area contributed by atoms with E-state index in [2.05, 4.69) is 9.89 Å². The highest BCUT2D eigenvalue weighted by molar-refractivity contribution is 6.37. The van der Waals surface area contributed by atoms with E-state index < -0.39 is 11.6 Å². The van der Waals surface area contributed by atoms with Gasteiger partial charge in [-0.05, 0) is 36.6 Å². The standard InChI is InChI=1S/C25H24Cl2FN3O2/c26-17-6-4-16(5-7-17)25(33)10-8-18-14-30(12-13-31(18)15-25)24(32)21-3-1-2-19(22(21)27)20-9-11-29-23(20)28/h1-7,9,18,33H,8,10-15H2/t18-,25-/m0/s1. The first kappa shape index (κ1) is 22.5. The molecule has 3 aliphatic rings. The molecule has 2 fully saturated rings. The fourth-order valence-corrected chi connectivity index (χ4v) is 5.49. The lowest BCUT2D eigenvalue weighted by atomic mass is 9.82. The summed E-state index contributed by atoms with van der Waals surface area (Å²) in [7, 11) is 0. The van der Waals surface area contributed by atoms with E-state index in [-0.39, 0.29) is 23.5 Å². The number of hydrogen-bond donors (Lipinski definition) is 1. The van der Waals surface area contributed by atoms with Crippen LogP contribution < -0.4 is 0 Å². The van der Waals surface area contributed by atoms with Crippen molar-refractivity contribution in [3.8, 4) is 0 Å². The third-order valence-corrected chi connectivity index (χ3v) is 7.56. The minimum Gasteiger partial charge on any atom is -0.384 e. The molecule has 0 aromatic heterocycles. The second-order valence-electron chi connectivity index (χ2n) is 8.87. The van der Waals surface area contributed by atoms with E-state index in [1.165, 1.54) is 0 Å². The third-order valence-electron chi connectivity index (χ3n) is 6.90. The number of allylic oxidation sites excluding steroid dienone is 1. The summed E-state index contributed by atoms with van der Waals surface area (Å²) in [5.74, 6) is -0.707. The summed E-state index contributed by atoms with van der Waals surface area (Å²) < 4.78 is 14.0. The maximum Gasteiger partial charge on any atom is 0.255 e. The van der Waals surface area contributed by atoms with Gasteiger partial charge in [0.1, 0.15) is 5.60 Å². The topological polar surface area (TPSA) is 56.1 Å². The Kier molecular flexibility index (Phi) is 6.04. The summed E-state index contributed by atoms with van der Waals surface area (Å²) in [5.41, 5.74) is 1.14. The molecule has 2 atom stereocenters. The largest absolute Gasteiger partial charge is 0.384 e. The Morgan fingerprint density at radius 3 is 2.67 bits per heavy atom. The number of aliphatic hydroxyl groups is 1. The van der Waals surface area contributed by atoms with Gasteiger partial charge in [-0.15, -0.1) is 0 Å². The molecule has 8 heteroatoms. The van der Waals surface area contributed by atoms with Crippen molar-refractivity contribution in [1.29, 1.82) is 0 Å². The lowest BCUT2D eigenvalue weighted by Gasteiger charge is -2.49. The number of aliphatic imine (C=N–C) groups is 1. The lowest BCUT2D eigenvalue weighted by molar-refractivity contribution is -0.0740. The summed E-state index contributed by atoms with van der Waals surface area (Å²) in [6.45, 7) is 2.56. The number of nitrogens with zero attached hydrogens (tertiary/aromatic N) is 3. The van der Waals surface area contributed by atoms with Crippen molar-refractivity contribution < 1.29 is 14.3 Å². The molecule has 2 aromatic rings. The minimum atomic E-state index is -0.925. The zero-order valence-corrected chi connectivity index (χ0v) is 19.5. The van der Waals surface area contributed by atoms with Crippen molar-refractivity contribution in [3.05, 3.63) is 75.3 Å². The number of piperazine rings is 1. The van der Waals surface area contributed by atoms with Gasteiger partial charge in [0.2, 0.25) is 5.97 Å². The molecular formula is C25H24Cl2FN3O2. The van der Waals surface area contributed by atoms with E-state index >= 15 is 0 Å². The van der Waals surface area contributed by atoms with Gasteiger partial charge >= 0.3 is 0 Å². The average Bonchev–Trinajstić information content (AvgIpc) is 3.24. The van der Waals surface area contributed by atoms with Crippen LogP contribution in [0.1, 0.15) is 34.3 Å². The van der Waals surface area contributed by atoms with Crippen molar-refractivity contribution in [3.63, 3.8) is 0 Å². The summed E-state index contributed by atoms with van der Waals surface area (Å²) in [4.78, 5) is 21.2. The van der Waals surface area contributed by atoms with Gasteiger partial charge in [0.15, 0.2) is 0 Å². The Balaban J connectivity index is 1.30. The number of rotatable bonds is 3. The van der Waals surface area contributed by atoms with Crippen molar-refractivity contribution >= 4 is 40.6 Å². The van der Waals surface area contributed by atoms with Gasteiger partial charge in [0, 0.05) is 48.4 Å². The highest BCUT2D eigenvalue weighted by Gasteiger charge is 2.42. The maximum atomic E-state index is 14.0. The molecule has 0 radical (unpaired) electrons. The predicted molar refractivity (Wildman–Crippen MR) is 129 cm³/mol. The van der Waals surface area contributed by atoms with Crippen LogP contribution in [0.15, 0.2) is 53.5 Å². The van der Waals surface area contributed by atoms with Crippen molar-refractivity contribution in [2.45, 2.75) is 24.5 Å². The number of amides is 1. The molecule has 1 amide bonds. The van der Waals surface area contributed by atoms with Gasteiger partial charge < -0.3 is 10.0 Å². The molecule has 0 bridgehead atoms. The molecule has 3 aliphatic heterocycles. The van der Waals surface area contributed by atoms with E-state index in [0.29, 0.717) is 54.3 Å². The van der Waals surface area contributed by atoms with Crippen molar-refractivity contribution in [2.75, 3.05) is 32.7 Å². The number of piperidine rings is 1. The summed E-state index contributed by atoms with van der Waals surface area (Å²) >= 11 is 12.6. The third kappa shape index (κ3) is 4.21. The van der Waals surface area contributed by atoms with E-state index in [1.54, 1.807) is 36.4 Å². The van der Waals surface area contributed by atoms with Crippen LogP contribution in [0.4, 0.5) is 4.39 Å². The summed E-state index contributed by atoms with van der Waals surface area (Å²) in [5, 5.41) is 12.2. The van der Waals surface area contributed by atoms with E-state index in [4.69, 9.17) is 23.2 Å². The molecule has 0 saturated carbocycles. The SMILES string of the molecule is O=C(c1cccc(C2=CCN=C2F)c1Cl)N1CCN2C[C@](O)(c3ccc(Cl)cc3)CC[C@H]2C1. The van der Waals surface area contributed by atoms with E-state index in [1.807, 2.05) is 17.0 Å². The van der Waals surface area contributed by atoms with Crippen LogP contribution >= 0.6 is 23.2 Å². The second kappa shape index (κ2) is 8.84. The fourth-order valence-electron chi connectivity index (χ4n) is 5.06. The molecule has 2 saturated heterocycles. The Morgan fingerprint density at radius 1 is 1.15 bits per heavy atom. The van der Waals surface area contributed by atoms with Gasteiger partial charge in [-0.25, -0.2) is 0 Å². The number of halogens is 3. The normalized spacial score (nSPS) is 25.5. The van der Waals surface area contributed by atoms with Gasteiger partial charge in [-0.1, -0.05) is 53.5 Å². The monoisotopic (exact) mass is 487 g/mol. The number of fused-ring (bicyclic) bond motifs is 1. The van der Waals surface area contributed by atoms with Crippen LogP contribution in [-0.2, 0) is 5.60 Å². The summed E-state index contributed by atoms with van der Waals surface area (Å²) in [6, 6.07) is 12.6. The van der Waals surface area contributed by atoms with Crippen LogP contribution in [0, 0.1) is 0 Å². The number of benzene rings is 2. The molecule has 1 N–H and O–H groups in total. The van der Waals surface area contributed by atoms with Crippen molar-refractivity contribution in [1.82, 2.24) is 9.80 Å². The molecule has 3 heterocycles. The maximum absolute atomic E-state index is 14.0. The van der Waals surface area contributed by atoms with Gasteiger partial charge in [-0.2, -0.15) is 4.39 Å². The highest BCUT2D eigenvalue weighted by Crippen LogP contribution is 2.37. The van der Waals surface area contributed by atoms with Gasteiger partial charge in [0.05, 0.1) is 17.1 Å². The number of hydrogen-bond acceptors (Lipinski definition) is 4. The van der Waals surface area contributed by atoms with Crippen LogP contribution in [0.5, 0.6) is 0 Å². The second-order valence-corrected chi connectivity index (χ2v) is 9.68. The Hall–Kier alpha value is -2.25. The van der Waals surface area contributed by atoms with Crippen LogP contribution in [0.2, 0.25) is 10.0 Å². The number of carbonyl (C=O) groups is 1. The summed E-state index contributed by atoms with van der Waals surface area (Å²) in [6.07, 6.45) is 3.06. The molecule has 2 aromatic carbocycles. The quantitative estimate of drug-likeness (QED) is 0.689. The predicted octanol–water partition coefficient (Wildman–Crippen LogP) is 4.57. The molecule has 172 valence electrons. The first-order valence-corrected chi connectivity index (χ1v) is 11.8. The Bertz CT molecular complexity index is 1150. The van der Waals surface area contributed by atoms with Crippen LogP contribution in [0.25, 0.3) is 5.57 Å². The molecule has 0 unspecified atom stereocenters. The average molecular weight is 488 g/mol. The molecule has 5 nitrogen and oxygen atoms in total. The van der Waals surface area contributed by atoms with Crippen LogP contribution in [0.3, 0.4) is 0 Å². The molecular weight excluding hydrogens is 464 g/mol. The molecule has 5 rings (SSSR count).